The first kappa shape index (κ1) is 19.1. The maximum Gasteiger partial charge on any atom is 0.407 e. The predicted octanol–water partition coefficient (Wildman–Crippen LogP) is 3.75. The summed E-state index contributed by atoms with van der Waals surface area (Å²) in [5.41, 5.74) is 1.07. The second-order valence-corrected chi connectivity index (χ2v) is 7.36. The summed E-state index contributed by atoms with van der Waals surface area (Å²) in [6.07, 6.45) is -0.223. The lowest BCUT2D eigenvalue weighted by Crippen LogP contribution is -2.44. The van der Waals surface area contributed by atoms with Crippen LogP contribution in [0.25, 0.3) is 0 Å². The number of amides is 1. The molecule has 0 aromatic heterocycles. The number of carboxylic acid groups (broad SMARTS) is 1. The Bertz CT molecular complexity index is 650. The van der Waals surface area contributed by atoms with Crippen LogP contribution in [0.2, 0.25) is 0 Å². The Kier molecular flexibility index (Phi) is 5.60. The van der Waals surface area contributed by atoms with Crippen LogP contribution in [0.5, 0.6) is 5.75 Å². The quantitative estimate of drug-likeness (QED) is 0.838. The second-order valence-electron chi connectivity index (χ2n) is 7.36. The third-order valence-electron chi connectivity index (χ3n) is 4.67. The number of benzene rings is 1. The highest BCUT2D eigenvalue weighted by atomic mass is 16.5. The van der Waals surface area contributed by atoms with Crippen molar-refractivity contribution in [3.05, 3.63) is 29.3 Å². The molecule has 2 unspecified atom stereocenters. The van der Waals surface area contributed by atoms with Crippen LogP contribution in [0.15, 0.2) is 18.2 Å². The standard InChI is InChI=1S/C19H27NO5/c1-6-25-17(21)12-7-8-15(24-5)14(11-12)13-9-10-20(18(22)23)16(13)19(2,3)4/h7-8,11,13,16H,6,9-10H2,1-5H3,(H,22,23). The molecule has 25 heavy (non-hydrogen) atoms. The minimum absolute atomic E-state index is 0.0413. The molecule has 2 atom stereocenters. The van der Waals surface area contributed by atoms with Crippen molar-refractivity contribution in [2.45, 2.75) is 46.1 Å². The molecule has 6 nitrogen and oxygen atoms in total. The maximum atomic E-state index is 12.1. The fraction of sp³-hybridized carbons (Fsp3) is 0.579. The molecule has 1 fully saturated rings. The van der Waals surface area contributed by atoms with E-state index in [1.54, 1.807) is 32.2 Å². The molecule has 0 spiro atoms. The lowest BCUT2D eigenvalue weighted by molar-refractivity contribution is 0.0525. The fourth-order valence-electron chi connectivity index (χ4n) is 3.77. The van der Waals surface area contributed by atoms with Gasteiger partial charge in [0.05, 0.1) is 19.3 Å². The third kappa shape index (κ3) is 3.89. The van der Waals surface area contributed by atoms with E-state index in [-0.39, 0.29) is 23.3 Å². The minimum atomic E-state index is -0.914. The summed E-state index contributed by atoms with van der Waals surface area (Å²) in [7, 11) is 1.58. The molecule has 1 heterocycles. The molecule has 1 saturated heterocycles. The van der Waals surface area contributed by atoms with Crippen LogP contribution in [-0.2, 0) is 4.74 Å². The first-order chi connectivity index (χ1) is 11.7. The summed E-state index contributed by atoms with van der Waals surface area (Å²) in [6.45, 7) is 8.64. The molecule has 2 rings (SSSR count). The highest BCUT2D eigenvalue weighted by Crippen LogP contribution is 2.45. The van der Waals surface area contributed by atoms with Gasteiger partial charge in [0.2, 0.25) is 0 Å². The van der Waals surface area contributed by atoms with Crippen LogP contribution in [0.4, 0.5) is 4.79 Å². The van der Waals surface area contributed by atoms with Crippen molar-refractivity contribution in [2.75, 3.05) is 20.3 Å². The van der Waals surface area contributed by atoms with Crippen molar-refractivity contribution in [1.82, 2.24) is 4.90 Å². The Hall–Kier alpha value is -2.24. The zero-order valence-corrected chi connectivity index (χ0v) is 15.5. The van der Waals surface area contributed by atoms with Gasteiger partial charge < -0.3 is 19.5 Å². The van der Waals surface area contributed by atoms with Gasteiger partial charge in [-0.15, -0.1) is 0 Å². The molecule has 1 aliphatic heterocycles. The van der Waals surface area contributed by atoms with E-state index in [9.17, 15) is 14.7 Å². The zero-order valence-electron chi connectivity index (χ0n) is 15.5. The van der Waals surface area contributed by atoms with Gasteiger partial charge in [-0.05, 0) is 37.0 Å². The van der Waals surface area contributed by atoms with Crippen LogP contribution in [0.1, 0.15) is 56.0 Å². The van der Waals surface area contributed by atoms with Crippen molar-refractivity contribution < 1.29 is 24.2 Å². The summed E-state index contributed by atoms with van der Waals surface area (Å²) in [5.74, 6) is 0.242. The van der Waals surface area contributed by atoms with Crippen molar-refractivity contribution in [1.29, 1.82) is 0 Å². The molecule has 1 N–H and O–H groups in total. The first-order valence-electron chi connectivity index (χ1n) is 8.55. The largest absolute Gasteiger partial charge is 0.496 e. The van der Waals surface area contributed by atoms with Crippen LogP contribution < -0.4 is 4.74 Å². The number of hydrogen-bond acceptors (Lipinski definition) is 4. The van der Waals surface area contributed by atoms with Gasteiger partial charge in [-0.2, -0.15) is 0 Å². The number of rotatable bonds is 4. The number of nitrogens with zero attached hydrogens (tertiary/aromatic N) is 1. The van der Waals surface area contributed by atoms with Crippen molar-refractivity contribution in [3.63, 3.8) is 0 Å². The lowest BCUT2D eigenvalue weighted by atomic mass is 9.76. The number of esters is 1. The minimum Gasteiger partial charge on any atom is -0.496 e. The molecule has 0 bridgehead atoms. The van der Waals surface area contributed by atoms with Gasteiger partial charge in [-0.25, -0.2) is 9.59 Å². The number of carbonyl (C=O) groups is 2. The Morgan fingerprint density at radius 3 is 2.52 bits per heavy atom. The van der Waals surface area contributed by atoms with Gasteiger partial charge in [0.15, 0.2) is 0 Å². The summed E-state index contributed by atoms with van der Waals surface area (Å²) >= 11 is 0. The SMILES string of the molecule is CCOC(=O)c1ccc(OC)c(C2CCN(C(=O)O)C2C(C)(C)C)c1. The molecular formula is C19H27NO5. The Balaban J connectivity index is 2.49. The predicted molar refractivity (Wildman–Crippen MR) is 94.3 cm³/mol. The van der Waals surface area contributed by atoms with Gasteiger partial charge in [-0.3, -0.25) is 0 Å². The van der Waals surface area contributed by atoms with E-state index < -0.39 is 6.09 Å². The fourth-order valence-corrected chi connectivity index (χ4v) is 3.77. The molecule has 138 valence electrons. The molecule has 0 aliphatic carbocycles. The first-order valence-corrected chi connectivity index (χ1v) is 8.55. The molecule has 1 aromatic rings. The Morgan fingerprint density at radius 2 is 2.00 bits per heavy atom. The number of carbonyl (C=O) groups excluding carboxylic acids is 1. The molecule has 1 aromatic carbocycles. The van der Waals surface area contributed by atoms with Gasteiger partial charge in [0, 0.05) is 24.1 Å². The van der Waals surface area contributed by atoms with E-state index in [1.165, 1.54) is 4.90 Å². The highest BCUT2D eigenvalue weighted by molar-refractivity contribution is 5.90. The third-order valence-corrected chi connectivity index (χ3v) is 4.67. The van der Waals surface area contributed by atoms with Gasteiger partial charge >= 0.3 is 12.1 Å². The van der Waals surface area contributed by atoms with Crippen LogP contribution >= 0.6 is 0 Å². The molecule has 6 heteroatoms. The molecular weight excluding hydrogens is 322 g/mol. The molecule has 1 amide bonds. The average molecular weight is 349 g/mol. The monoisotopic (exact) mass is 349 g/mol. The molecule has 0 radical (unpaired) electrons. The summed E-state index contributed by atoms with van der Waals surface area (Å²) in [5, 5.41) is 9.57. The Morgan fingerprint density at radius 1 is 1.32 bits per heavy atom. The van der Waals surface area contributed by atoms with Crippen molar-refractivity contribution >= 4 is 12.1 Å². The molecule has 0 saturated carbocycles. The normalized spacial score (nSPS) is 20.4. The maximum absolute atomic E-state index is 12.1. The van der Waals surface area contributed by atoms with Gasteiger partial charge in [-0.1, -0.05) is 20.8 Å². The van der Waals surface area contributed by atoms with E-state index in [1.807, 2.05) is 20.8 Å². The molecule has 1 aliphatic rings. The number of likely N-dealkylation sites (tertiary alicyclic amines) is 1. The van der Waals surface area contributed by atoms with Gasteiger partial charge in [0.25, 0.3) is 0 Å². The number of hydrogen-bond donors (Lipinski definition) is 1. The van der Waals surface area contributed by atoms with Gasteiger partial charge in [0.1, 0.15) is 5.75 Å². The van der Waals surface area contributed by atoms with E-state index in [0.717, 1.165) is 5.56 Å². The number of methoxy groups -OCH3 is 1. The average Bonchev–Trinajstić information content (AvgIpc) is 2.99. The summed E-state index contributed by atoms with van der Waals surface area (Å²) in [4.78, 5) is 25.3. The van der Waals surface area contributed by atoms with E-state index >= 15 is 0 Å². The smallest absolute Gasteiger partial charge is 0.407 e. The van der Waals surface area contributed by atoms with E-state index in [4.69, 9.17) is 9.47 Å². The highest BCUT2D eigenvalue weighted by Gasteiger charge is 2.45. The van der Waals surface area contributed by atoms with Crippen LogP contribution in [0.3, 0.4) is 0 Å². The second kappa shape index (κ2) is 7.33. The van der Waals surface area contributed by atoms with Crippen molar-refractivity contribution in [2.24, 2.45) is 5.41 Å². The van der Waals surface area contributed by atoms with E-state index in [0.29, 0.717) is 30.9 Å². The Labute approximate surface area is 148 Å². The summed E-state index contributed by atoms with van der Waals surface area (Å²) in [6, 6.07) is 5.02. The van der Waals surface area contributed by atoms with Crippen molar-refractivity contribution in [3.8, 4) is 5.75 Å². The number of ether oxygens (including phenoxy) is 2. The van der Waals surface area contributed by atoms with Crippen LogP contribution in [0, 0.1) is 5.41 Å². The summed E-state index contributed by atoms with van der Waals surface area (Å²) < 4.78 is 10.6. The van der Waals surface area contributed by atoms with Crippen LogP contribution in [-0.4, -0.2) is 48.4 Å². The zero-order chi connectivity index (χ0) is 18.8. The van der Waals surface area contributed by atoms with E-state index in [2.05, 4.69) is 0 Å². The lowest BCUT2D eigenvalue weighted by Gasteiger charge is -2.37. The topological polar surface area (TPSA) is 76.1 Å².